The molecule has 0 saturated heterocycles. The minimum atomic E-state index is -0.477. The summed E-state index contributed by atoms with van der Waals surface area (Å²) in [7, 11) is 4.86. The van der Waals surface area contributed by atoms with Gasteiger partial charge in [0.15, 0.2) is 0 Å². The van der Waals surface area contributed by atoms with Crippen LogP contribution in [0.5, 0.6) is 17.2 Å². The fourth-order valence-electron chi connectivity index (χ4n) is 3.71. The smallest absolute Gasteiger partial charge is 0.312 e. The average Bonchev–Trinajstić information content (AvgIpc) is 2.70. The first kappa shape index (κ1) is 17.1. The third kappa shape index (κ3) is 2.65. The Bertz CT molecular complexity index is 1120. The van der Waals surface area contributed by atoms with Crippen LogP contribution in [-0.4, -0.2) is 24.8 Å². The average molecular weight is 365 g/mol. The maximum atomic E-state index is 13.2. The van der Waals surface area contributed by atoms with E-state index in [0.29, 0.717) is 28.3 Å². The van der Waals surface area contributed by atoms with E-state index < -0.39 is 5.92 Å². The molecule has 2 heterocycles. The van der Waals surface area contributed by atoms with Crippen LogP contribution in [0.3, 0.4) is 0 Å². The Morgan fingerprint density at radius 3 is 2.59 bits per heavy atom. The lowest BCUT2D eigenvalue weighted by atomic mass is 9.85. The second kappa shape index (κ2) is 6.46. The Morgan fingerprint density at radius 1 is 1.07 bits per heavy atom. The molecule has 6 heteroatoms. The molecule has 0 bridgehead atoms. The topological polar surface area (TPSA) is 66.8 Å². The standard InChI is InChI=1S/C21H19NO5/c1-22-16-7-5-4-6-13(16)20-19(21(22)24)15(11-18(23)27-20)14-10-12(25-2)8-9-17(14)26-3/h4-10,15H,11H2,1-3H3/t15-/m1/s1. The number of hydrogen-bond donors (Lipinski definition) is 0. The molecule has 1 atom stereocenters. The molecule has 4 rings (SSSR count). The number of carbonyl (C=O) groups is 1. The molecule has 0 amide bonds. The normalized spacial score (nSPS) is 16.0. The molecule has 0 spiro atoms. The van der Waals surface area contributed by atoms with Crippen molar-refractivity contribution in [2.75, 3.05) is 14.2 Å². The Hall–Kier alpha value is -3.28. The van der Waals surface area contributed by atoms with Crippen LogP contribution in [0.15, 0.2) is 47.3 Å². The van der Waals surface area contributed by atoms with E-state index in [9.17, 15) is 9.59 Å². The lowest BCUT2D eigenvalue weighted by Crippen LogP contribution is -2.31. The summed E-state index contributed by atoms with van der Waals surface area (Å²) in [5, 5.41) is 0.731. The van der Waals surface area contributed by atoms with Crippen LogP contribution in [0.2, 0.25) is 0 Å². The minimum Gasteiger partial charge on any atom is -0.497 e. The van der Waals surface area contributed by atoms with Crippen molar-refractivity contribution in [3.05, 3.63) is 63.9 Å². The number of carbonyl (C=O) groups excluding carboxylic acids is 1. The molecule has 1 aromatic heterocycles. The largest absolute Gasteiger partial charge is 0.497 e. The maximum Gasteiger partial charge on any atom is 0.312 e. The third-order valence-corrected chi connectivity index (χ3v) is 5.04. The van der Waals surface area contributed by atoms with Crippen molar-refractivity contribution in [3.63, 3.8) is 0 Å². The number of para-hydroxylation sites is 1. The summed E-state index contributed by atoms with van der Waals surface area (Å²) in [6.07, 6.45) is 0.0596. The van der Waals surface area contributed by atoms with Gasteiger partial charge in [-0.15, -0.1) is 0 Å². The van der Waals surface area contributed by atoms with Gasteiger partial charge in [-0.05, 0) is 30.3 Å². The SMILES string of the molecule is COc1ccc(OC)c([C@H]2CC(=O)Oc3c2c(=O)n(C)c2ccccc32)c1. The van der Waals surface area contributed by atoms with Crippen LogP contribution in [0, 0.1) is 0 Å². The van der Waals surface area contributed by atoms with Crippen molar-refractivity contribution in [2.24, 2.45) is 7.05 Å². The molecule has 0 saturated carbocycles. The number of hydrogen-bond acceptors (Lipinski definition) is 5. The number of aryl methyl sites for hydroxylation is 1. The summed E-state index contributed by atoms with van der Waals surface area (Å²) in [4.78, 5) is 25.6. The number of benzene rings is 2. The molecule has 138 valence electrons. The highest BCUT2D eigenvalue weighted by Crippen LogP contribution is 2.43. The maximum absolute atomic E-state index is 13.2. The zero-order valence-electron chi connectivity index (χ0n) is 15.3. The summed E-state index contributed by atoms with van der Waals surface area (Å²) < 4.78 is 17.9. The predicted octanol–water partition coefficient (Wildman–Crippen LogP) is 3.00. The monoisotopic (exact) mass is 365 g/mol. The molecule has 1 aliphatic rings. The van der Waals surface area contributed by atoms with Gasteiger partial charge in [-0.1, -0.05) is 12.1 Å². The highest BCUT2D eigenvalue weighted by Gasteiger charge is 2.35. The van der Waals surface area contributed by atoms with Crippen molar-refractivity contribution in [3.8, 4) is 17.2 Å². The summed E-state index contributed by atoms with van der Waals surface area (Å²) in [6, 6.07) is 12.8. The van der Waals surface area contributed by atoms with Crippen LogP contribution in [0.1, 0.15) is 23.5 Å². The first-order valence-corrected chi connectivity index (χ1v) is 8.59. The molecule has 0 unspecified atom stereocenters. The molecule has 27 heavy (non-hydrogen) atoms. The number of ether oxygens (including phenoxy) is 3. The van der Waals surface area contributed by atoms with Gasteiger partial charge in [0, 0.05) is 23.9 Å². The lowest BCUT2D eigenvalue weighted by molar-refractivity contribution is -0.135. The zero-order valence-corrected chi connectivity index (χ0v) is 15.3. The van der Waals surface area contributed by atoms with E-state index in [0.717, 1.165) is 10.9 Å². The number of methoxy groups -OCH3 is 2. The van der Waals surface area contributed by atoms with Gasteiger partial charge in [0.1, 0.15) is 17.2 Å². The molecule has 3 aromatic rings. The highest BCUT2D eigenvalue weighted by atomic mass is 16.5. The second-order valence-corrected chi connectivity index (χ2v) is 6.46. The van der Waals surface area contributed by atoms with Crippen molar-refractivity contribution in [2.45, 2.75) is 12.3 Å². The van der Waals surface area contributed by atoms with Gasteiger partial charge >= 0.3 is 5.97 Å². The first-order chi connectivity index (χ1) is 13.0. The highest BCUT2D eigenvalue weighted by molar-refractivity contribution is 5.91. The lowest BCUT2D eigenvalue weighted by Gasteiger charge is -2.27. The quantitative estimate of drug-likeness (QED) is 0.668. The number of pyridine rings is 1. The minimum absolute atomic E-state index is 0.0596. The molecule has 6 nitrogen and oxygen atoms in total. The third-order valence-electron chi connectivity index (χ3n) is 5.04. The summed E-state index contributed by atoms with van der Waals surface area (Å²) in [5.41, 5.74) is 1.71. The van der Waals surface area contributed by atoms with Crippen LogP contribution in [0.4, 0.5) is 0 Å². The molecule has 1 aliphatic heterocycles. The molecule has 0 fully saturated rings. The Morgan fingerprint density at radius 2 is 1.85 bits per heavy atom. The number of nitrogens with zero attached hydrogens (tertiary/aromatic N) is 1. The van der Waals surface area contributed by atoms with Crippen molar-refractivity contribution in [1.82, 2.24) is 4.57 Å². The van der Waals surface area contributed by atoms with Gasteiger partial charge in [-0.2, -0.15) is 0 Å². The fraction of sp³-hybridized carbons (Fsp3) is 0.238. The molecule has 0 aliphatic carbocycles. The number of fused-ring (bicyclic) bond motifs is 3. The number of aromatic nitrogens is 1. The van der Waals surface area contributed by atoms with Crippen LogP contribution >= 0.6 is 0 Å². The predicted molar refractivity (Wildman–Crippen MR) is 101 cm³/mol. The van der Waals surface area contributed by atoms with E-state index in [-0.39, 0.29) is 17.9 Å². The van der Waals surface area contributed by atoms with Crippen molar-refractivity contribution in [1.29, 1.82) is 0 Å². The van der Waals surface area contributed by atoms with E-state index in [4.69, 9.17) is 14.2 Å². The van der Waals surface area contributed by atoms with Gasteiger partial charge in [0.05, 0.1) is 31.7 Å². The van der Waals surface area contributed by atoms with E-state index in [1.165, 1.54) is 0 Å². The zero-order chi connectivity index (χ0) is 19.1. The Labute approximate surface area is 155 Å². The van der Waals surface area contributed by atoms with Gasteiger partial charge in [0.2, 0.25) is 0 Å². The Kier molecular flexibility index (Phi) is 4.11. The summed E-state index contributed by atoms with van der Waals surface area (Å²) in [6.45, 7) is 0. The Balaban J connectivity index is 2.05. The van der Waals surface area contributed by atoms with E-state index in [1.807, 2.05) is 24.3 Å². The molecule has 0 N–H and O–H groups in total. The molecule has 2 aromatic carbocycles. The fourth-order valence-corrected chi connectivity index (χ4v) is 3.71. The van der Waals surface area contributed by atoms with E-state index in [2.05, 4.69) is 0 Å². The van der Waals surface area contributed by atoms with Gasteiger partial charge < -0.3 is 18.8 Å². The second-order valence-electron chi connectivity index (χ2n) is 6.46. The molecular weight excluding hydrogens is 346 g/mol. The van der Waals surface area contributed by atoms with E-state index >= 15 is 0 Å². The van der Waals surface area contributed by atoms with Crippen LogP contribution < -0.4 is 19.8 Å². The molecule has 0 radical (unpaired) electrons. The van der Waals surface area contributed by atoms with Crippen molar-refractivity contribution >= 4 is 16.9 Å². The summed E-state index contributed by atoms with van der Waals surface area (Å²) >= 11 is 0. The van der Waals surface area contributed by atoms with E-state index in [1.54, 1.807) is 44.0 Å². The van der Waals surface area contributed by atoms with Gasteiger partial charge in [0.25, 0.3) is 5.56 Å². The van der Waals surface area contributed by atoms with Crippen molar-refractivity contribution < 1.29 is 19.0 Å². The van der Waals surface area contributed by atoms with Crippen LogP contribution in [-0.2, 0) is 11.8 Å². The van der Waals surface area contributed by atoms with Gasteiger partial charge in [-0.3, -0.25) is 9.59 Å². The van der Waals surface area contributed by atoms with Crippen LogP contribution in [0.25, 0.3) is 10.9 Å². The number of esters is 1. The number of rotatable bonds is 3. The first-order valence-electron chi connectivity index (χ1n) is 8.59. The molecular formula is C21H19NO5. The summed E-state index contributed by atoms with van der Waals surface area (Å²) in [5.74, 6) is 0.700. The van der Waals surface area contributed by atoms with Gasteiger partial charge in [-0.25, -0.2) is 0 Å².